The van der Waals surface area contributed by atoms with Crippen LogP contribution < -0.4 is 10.6 Å². The van der Waals surface area contributed by atoms with Crippen molar-refractivity contribution in [1.82, 2.24) is 5.32 Å². The molecule has 0 aliphatic carbocycles. The molecule has 0 unspecified atom stereocenters. The summed E-state index contributed by atoms with van der Waals surface area (Å²) in [6.07, 6.45) is -0.362. The zero-order valence-corrected chi connectivity index (χ0v) is 16.6. The lowest BCUT2D eigenvalue weighted by Gasteiger charge is -2.23. The average Bonchev–Trinajstić information content (AvgIpc) is 2.60. The second-order valence-electron chi connectivity index (χ2n) is 7.51. The summed E-state index contributed by atoms with van der Waals surface area (Å²) in [5.41, 5.74) is 1.21. The van der Waals surface area contributed by atoms with Gasteiger partial charge in [-0.25, -0.2) is 4.79 Å². The summed E-state index contributed by atoms with van der Waals surface area (Å²) in [5.74, 6) is -0.487. The highest BCUT2D eigenvalue weighted by Crippen LogP contribution is 2.13. The Morgan fingerprint density at radius 3 is 2.29 bits per heavy atom. The maximum absolute atomic E-state index is 12.8. The SMILES string of the molecule is CC(=O)c1cccc(NC(=O)[C@H](Cc2ccccc2)NC(=O)OC(C)(C)C)c1. The fraction of sp³-hybridized carbons (Fsp3) is 0.318. The Bertz CT molecular complexity index is 841. The molecule has 2 aromatic rings. The van der Waals surface area contributed by atoms with E-state index in [1.165, 1.54) is 6.92 Å². The topological polar surface area (TPSA) is 84.5 Å². The average molecular weight is 382 g/mol. The molecule has 0 bridgehead atoms. The predicted octanol–water partition coefficient (Wildman–Crippen LogP) is 3.96. The Balaban J connectivity index is 2.17. The van der Waals surface area contributed by atoms with E-state index in [-0.39, 0.29) is 5.78 Å². The fourth-order valence-electron chi connectivity index (χ4n) is 2.55. The van der Waals surface area contributed by atoms with Gasteiger partial charge in [0.25, 0.3) is 0 Å². The van der Waals surface area contributed by atoms with Gasteiger partial charge in [0.15, 0.2) is 5.78 Å². The Kier molecular flexibility index (Phi) is 6.93. The van der Waals surface area contributed by atoms with Crippen LogP contribution in [0.4, 0.5) is 10.5 Å². The number of hydrogen-bond acceptors (Lipinski definition) is 4. The normalized spacial score (nSPS) is 12.0. The molecule has 0 aliphatic heterocycles. The Morgan fingerprint density at radius 1 is 1.00 bits per heavy atom. The summed E-state index contributed by atoms with van der Waals surface area (Å²) >= 11 is 0. The van der Waals surface area contributed by atoms with E-state index in [1.54, 1.807) is 45.0 Å². The largest absolute Gasteiger partial charge is 0.444 e. The Morgan fingerprint density at radius 2 is 1.68 bits per heavy atom. The number of alkyl carbamates (subject to hydrolysis) is 1. The predicted molar refractivity (Wildman–Crippen MR) is 108 cm³/mol. The van der Waals surface area contributed by atoms with Gasteiger partial charge in [-0.1, -0.05) is 42.5 Å². The van der Waals surface area contributed by atoms with E-state index in [0.717, 1.165) is 5.56 Å². The number of benzene rings is 2. The summed E-state index contributed by atoms with van der Waals surface area (Å²) in [7, 11) is 0. The van der Waals surface area contributed by atoms with Crippen molar-refractivity contribution in [3.8, 4) is 0 Å². The van der Waals surface area contributed by atoms with Gasteiger partial charge in [-0.3, -0.25) is 9.59 Å². The number of amides is 2. The van der Waals surface area contributed by atoms with Crippen molar-refractivity contribution in [2.24, 2.45) is 0 Å². The van der Waals surface area contributed by atoms with Crippen LogP contribution in [-0.4, -0.2) is 29.4 Å². The molecule has 2 aromatic carbocycles. The van der Waals surface area contributed by atoms with Crippen molar-refractivity contribution in [2.75, 3.05) is 5.32 Å². The first-order valence-electron chi connectivity index (χ1n) is 9.09. The van der Waals surface area contributed by atoms with Crippen LogP contribution in [0.1, 0.15) is 43.6 Å². The van der Waals surface area contributed by atoms with Crippen molar-refractivity contribution >= 4 is 23.5 Å². The van der Waals surface area contributed by atoms with Gasteiger partial charge < -0.3 is 15.4 Å². The smallest absolute Gasteiger partial charge is 0.408 e. The van der Waals surface area contributed by atoms with Crippen LogP contribution in [0.3, 0.4) is 0 Å². The van der Waals surface area contributed by atoms with Crippen LogP contribution in [0.15, 0.2) is 54.6 Å². The quantitative estimate of drug-likeness (QED) is 0.741. The van der Waals surface area contributed by atoms with Crippen molar-refractivity contribution in [1.29, 1.82) is 0 Å². The van der Waals surface area contributed by atoms with Crippen molar-refractivity contribution in [2.45, 2.75) is 45.8 Å². The number of hydrogen-bond donors (Lipinski definition) is 2. The van der Waals surface area contributed by atoms with E-state index in [0.29, 0.717) is 17.7 Å². The first kappa shape index (κ1) is 21.2. The third-order valence-corrected chi connectivity index (χ3v) is 3.83. The van der Waals surface area contributed by atoms with Crippen LogP contribution in [0.5, 0.6) is 0 Å². The minimum absolute atomic E-state index is 0.0937. The van der Waals surface area contributed by atoms with Crippen molar-refractivity contribution < 1.29 is 19.1 Å². The molecule has 6 heteroatoms. The lowest BCUT2D eigenvalue weighted by molar-refractivity contribution is -0.118. The summed E-state index contributed by atoms with van der Waals surface area (Å²) in [5, 5.41) is 5.40. The molecule has 28 heavy (non-hydrogen) atoms. The zero-order valence-electron chi connectivity index (χ0n) is 16.6. The lowest BCUT2D eigenvalue weighted by atomic mass is 10.0. The molecule has 0 aliphatic rings. The molecular formula is C22H26N2O4. The molecule has 2 rings (SSSR count). The Hall–Kier alpha value is -3.15. The third kappa shape index (κ3) is 6.87. The molecule has 0 aromatic heterocycles. The Labute approximate surface area is 165 Å². The number of anilines is 1. The maximum atomic E-state index is 12.8. The van der Waals surface area contributed by atoms with Gasteiger partial charge in [-0.05, 0) is 45.4 Å². The molecule has 2 N–H and O–H groups in total. The molecule has 2 amide bonds. The van der Waals surface area contributed by atoms with Gasteiger partial charge in [-0.2, -0.15) is 0 Å². The summed E-state index contributed by atoms with van der Waals surface area (Å²) < 4.78 is 5.28. The van der Waals surface area contributed by atoms with Crippen LogP contribution in [0.2, 0.25) is 0 Å². The van der Waals surface area contributed by atoms with Crippen molar-refractivity contribution in [3.63, 3.8) is 0 Å². The van der Waals surface area contributed by atoms with Gasteiger partial charge in [0.2, 0.25) is 5.91 Å². The number of Topliss-reactive ketones (excluding diaryl/α,β-unsaturated/α-hetero) is 1. The minimum Gasteiger partial charge on any atom is -0.444 e. The van der Waals surface area contributed by atoms with Crippen LogP contribution >= 0.6 is 0 Å². The van der Waals surface area contributed by atoms with Crippen molar-refractivity contribution in [3.05, 3.63) is 65.7 Å². The number of nitrogens with one attached hydrogen (secondary N) is 2. The van der Waals surface area contributed by atoms with E-state index in [9.17, 15) is 14.4 Å². The van der Waals surface area contributed by atoms with E-state index in [2.05, 4.69) is 10.6 Å². The van der Waals surface area contributed by atoms with E-state index in [1.807, 2.05) is 30.3 Å². The summed E-state index contributed by atoms with van der Waals surface area (Å²) in [4.78, 5) is 36.6. The molecule has 0 heterocycles. The number of rotatable bonds is 6. The second kappa shape index (κ2) is 9.17. The van der Waals surface area contributed by atoms with Gasteiger partial charge in [0, 0.05) is 17.7 Å². The minimum atomic E-state index is -0.835. The standard InChI is InChI=1S/C22H26N2O4/c1-15(25)17-11-8-12-18(14-17)23-20(26)19(13-16-9-6-5-7-10-16)24-21(27)28-22(2,3)4/h5-12,14,19H,13H2,1-4H3,(H,23,26)(H,24,27)/t19-/m0/s1. The maximum Gasteiger partial charge on any atom is 0.408 e. The van der Waals surface area contributed by atoms with Gasteiger partial charge in [0.1, 0.15) is 11.6 Å². The highest BCUT2D eigenvalue weighted by molar-refractivity contribution is 5.99. The molecule has 1 atom stereocenters. The molecule has 0 fully saturated rings. The number of carbonyl (C=O) groups excluding carboxylic acids is 3. The first-order valence-corrected chi connectivity index (χ1v) is 9.09. The van der Waals surface area contributed by atoms with Gasteiger partial charge in [0.05, 0.1) is 0 Å². The second-order valence-corrected chi connectivity index (χ2v) is 7.51. The highest BCUT2D eigenvalue weighted by atomic mass is 16.6. The van der Waals surface area contributed by atoms with Crippen LogP contribution in [0, 0.1) is 0 Å². The van der Waals surface area contributed by atoms with Crippen LogP contribution in [-0.2, 0) is 16.0 Å². The molecule has 0 saturated heterocycles. The molecule has 0 saturated carbocycles. The molecule has 148 valence electrons. The number of carbonyl (C=O) groups is 3. The number of ketones is 1. The monoisotopic (exact) mass is 382 g/mol. The summed E-state index contributed by atoms with van der Waals surface area (Å²) in [6, 6.07) is 15.2. The van der Waals surface area contributed by atoms with Gasteiger partial charge >= 0.3 is 6.09 Å². The molecule has 0 radical (unpaired) electrons. The summed E-state index contributed by atoms with van der Waals surface area (Å²) in [6.45, 7) is 6.73. The van der Waals surface area contributed by atoms with E-state index in [4.69, 9.17) is 4.74 Å². The van der Waals surface area contributed by atoms with E-state index >= 15 is 0 Å². The zero-order chi connectivity index (χ0) is 20.7. The fourth-order valence-corrected chi connectivity index (χ4v) is 2.55. The number of ether oxygens (including phenoxy) is 1. The molecule has 0 spiro atoms. The van der Waals surface area contributed by atoms with Gasteiger partial charge in [-0.15, -0.1) is 0 Å². The molecular weight excluding hydrogens is 356 g/mol. The van der Waals surface area contributed by atoms with E-state index < -0.39 is 23.6 Å². The molecule has 6 nitrogen and oxygen atoms in total. The third-order valence-electron chi connectivity index (χ3n) is 3.83. The first-order chi connectivity index (χ1) is 13.1. The highest BCUT2D eigenvalue weighted by Gasteiger charge is 2.25. The van der Waals surface area contributed by atoms with Crippen LogP contribution in [0.25, 0.3) is 0 Å². The lowest BCUT2D eigenvalue weighted by Crippen LogP contribution is -2.47.